The van der Waals surface area contributed by atoms with Crippen LogP contribution in [0.5, 0.6) is 0 Å². The maximum atomic E-state index is 13.9. The van der Waals surface area contributed by atoms with Crippen molar-refractivity contribution in [2.24, 2.45) is 0 Å². The highest BCUT2D eigenvalue weighted by Gasteiger charge is 2.14. The van der Waals surface area contributed by atoms with E-state index in [0.717, 1.165) is 12.3 Å². The van der Waals surface area contributed by atoms with Gasteiger partial charge in [0.05, 0.1) is 5.75 Å². The molecule has 0 radical (unpaired) electrons. The summed E-state index contributed by atoms with van der Waals surface area (Å²) in [6.07, 6.45) is 1.70. The number of furan rings is 1. The zero-order chi connectivity index (χ0) is 16.3. The van der Waals surface area contributed by atoms with Gasteiger partial charge in [-0.2, -0.15) is 0 Å². The second-order valence-electron chi connectivity index (χ2n) is 4.95. The van der Waals surface area contributed by atoms with E-state index in [2.05, 4.69) is 5.32 Å². The summed E-state index contributed by atoms with van der Waals surface area (Å²) in [7, 11) is -3.32. The third-order valence-electron chi connectivity index (χ3n) is 2.96. The maximum Gasteiger partial charge on any atom is 0.291 e. The molecule has 0 aliphatic heterocycles. The molecule has 0 aliphatic carbocycles. The highest BCUT2D eigenvalue weighted by atomic mass is 32.2. The predicted molar refractivity (Wildman–Crippen MR) is 81.0 cm³/mol. The van der Waals surface area contributed by atoms with Crippen LogP contribution in [-0.2, 0) is 22.0 Å². The van der Waals surface area contributed by atoms with Crippen molar-refractivity contribution in [1.82, 2.24) is 0 Å². The minimum atomic E-state index is -3.32. The van der Waals surface area contributed by atoms with Crippen LogP contribution in [0.15, 0.2) is 34.7 Å². The molecule has 7 heteroatoms. The maximum absolute atomic E-state index is 13.9. The Morgan fingerprint density at radius 3 is 2.55 bits per heavy atom. The summed E-state index contributed by atoms with van der Waals surface area (Å²) in [5.74, 6) is -0.741. The van der Waals surface area contributed by atoms with Gasteiger partial charge in [0.15, 0.2) is 15.6 Å². The fourth-order valence-electron chi connectivity index (χ4n) is 1.91. The number of hydrogen-bond acceptors (Lipinski definition) is 4. The van der Waals surface area contributed by atoms with E-state index >= 15 is 0 Å². The van der Waals surface area contributed by atoms with Crippen molar-refractivity contribution in [3.63, 3.8) is 0 Å². The van der Waals surface area contributed by atoms with Gasteiger partial charge in [0.1, 0.15) is 11.6 Å². The first-order valence-corrected chi connectivity index (χ1v) is 8.71. The molecule has 2 aromatic rings. The minimum Gasteiger partial charge on any atom is -0.456 e. The van der Waals surface area contributed by atoms with Crippen molar-refractivity contribution in [1.29, 1.82) is 0 Å². The number of carbonyl (C=O) groups excluding carboxylic acids is 1. The molecule has 1 aromatic heterocycles. The molecule has 1 amide bonds. The number of rotatable bonds is 5. The highest BCUT2D eigenvalue weighted by Crippen LogP contribution is 2.18. The summed E-state index contributed by atoms with van der Waals surface area (Å²) in [4.78, 5) is 11.9. The molecule has 118 valence electrons. The van der Waals surface area contributed by atoms with Gasteiger partial charge in [-0.15, -0.1) is 0 Å². The normalized spacial score (nSPS) is 11.4. The van der Waals surface area contributed by atoms with E-state index in [1.165, 1.54) is 12.1 Å². The summed E-state index contributed by atoms with van der Waals surface area (Å²) in [5.41, 5.74) is 0.293. The van der Waals surface area contributed by atoms with Crippen LogP contribution in [0.4, 0.5) is 10.1 Å². The first kappa shape index (κ1) is 16.2. The average Bonchev–Trinajstić information content (AvgIpc) is 2.89. The van der Waals surface area contributed by atoms with E-state index in [4.69, 9.17) is 4.42 Å². The molecule has 0 saturated carbocycles. The Morgan fingerprint density at radius 1 is 1.27 bits per heavy atom. The lowest BCUT2D eigenvalue weighted by molar-refractivity contribution is 0.0995. The number of benzene rings is 1. The summed E-state index contributed by atoms with van der Waals surface area (Å²) in [6, 6.07) is 7.12. The van der Waals surface area contributed by atoms with Gasteiger partial charge in [0, 0.05) is 23.9 Å². The van der Waals surface area contributed by atoms with Gasteiger partial charge in [-0.05, 0) is 24.3 Å². The van der Waals surface area contributed by atoms with Gasteiger partial charge in [-0.25, -0.2) is 12.8 Å². The van der Waals surface area contributed by atoms with E-state index in [9.17, 15) is 17.6 Å². The first-order chi connectivity index (χ1) is 10.3. The van der Waals surface area contributed by atoms with Gasteiger partial charge in [-0.1, -0.05) is 13.0 Å². The fraction of sp³-hybridized carbons (Fsp3) is 0.267. The Balaban J connectivity index is 2.13. The van der Waals surface area contributed by atoms with Crippen molar-refractivity contribution in [3.05, 3.63) is 53.2 Å². The van der Waals surface area contributed by atoms with Crippen molar-refractivity contribution in [2.45, 2.75) is 19.1 Å². The molecule has 1 N–H and O–H groups in total. The largest absolute Gasteiger partial charge is 0.456 e. The van der Waals surface area contributed by atoms with Crippen LogP contribution in [-0.4, -0.2) is 20.6 Å². The summed E-state index contributed by atoms with van der Waals surface area (Å²) >= 11 is 0. The number of sulfone groups is 1. The Labute approximate surface area is 128 Å². The van der Waals surface area contributed by atoms with Crippen molar-refractivity contribution in [2.75, 3.05) is 11.6 Å². The van der Waals surface area contributed by atoms with E-state index < -0.39 is 21.6 Å². The van der Waals surface area contributed by atoms with Crippen LogP contribution < -0.4 is 5.32 Å². The smallest absolute Gasteiger partial charge is 0.291 e. The number of carbonyl (C=O) groups is 1. The molecule has 2 rings (SSSR count). The van der Waals surface area contributed by atoms with Gasteiger partial charge in [-0.3, -0.25) is 4.79 Å². The molecule has 0 fully saturated rings. The van der Waals surface area contributed by atoms with E-state index in [1.807, 2.05) is 6.92 Å². The third kappa shape index (κ3) is 4.17. The molecular weight excluding hydrogens is 309 g/mol. The zero-order valence-electron chi connectivity index (χ0n) is 12.2. The Morgan fingerprint density at radius 2 is 2.00 bits per heavy atom. The van der Waals surface area contributed by atoms with E-state index in [1.54, 1.807) is 12.1 Å². The van der Waals surface area contributed by atoms with Crippen molar-refractivity contribution >= 4 is 21.4 Å². The molecule has 5 nitrogen and oxygen atoms in total. The number of aryl methyl sites for hydroxylation is 1. The molecule has 0 aliphatic rings. The molecule has 0 atom stereocenters. The van der Waals surface area contributed by atoms with Crippen LogP contribution in [0.2, 0.25) is 0 Å². The van der Waals surface area contributed by atoms with Gasteiger partial charge < -0.3 is 9.73 Å². The average molecular weight is 325 g/mol. The lowest BCUT2D eigenvalue weighted by atomic mass is 10.2. The minimum absolute atomic E-state index is 0.0618. The van der Waals surface area contributed by atoms with Crippen LogP contribution >= 0.6 is 0 Å². The molecular formula is C15H16FNO4S. The van der Waals surface area contributed by atoms with E-state index in [0.29, 0.717) is 12.2 Å². The second kappa shape index (κ2) is 6.31. The first-order valence-electron chi connectivity index (χ1n) is 6.64. The number of amides is 1. The third-order valence-corrected chi connectivity index (χ3v) is 3.80. The SMILES string of the molecule is CCc1ccc(C(=O)Nc2ccc(CS(C)(=O)=O)c(F)c2)o1. The lowest BCUT2D eigenvalue weighted by Gasteiger charge is -2.06. The number of anilines is 1. The Hall–Kier alpha value is -2.15. The van der Waals surface area contributed by atoms with Gasteiger partial charge in [0.25, 0.3) is 5.91 Å². The van der Waals surface area contributed by atoms with Crippen LogP contribution in [0.25, 0.3) is 0 Å². The summed E-state index contributed by atoms with van der Waals surface area (Å²) < 4.78 is 41.5. The summed E-state index contributed by atoms with van der Waals surface area (Å²) in [5, 5.41) is 2.50. The lowest BCUT2D eigenvalue weighted by Crippen LogP contribution is -2.11. The fourth-order valence-corrected chi connectivity index (χ4v) is 2.71. The topological polar surface area (TPSA) is 76.4 Å². The molecule has 0 unspecified atom stereocenters. The Bertz CT molecular complexity index is 796. The van der Waals surface area contributed by atoms with Crippen molar-refractivity contribution in [3.8, 4) is 0 Å². The van der Waals surface area contributed by atoms with Gasteiger partial charge >= 0.3 is 0 Å². The molecule has 1 heterocycles. The molecule has 22 heavy (non-hydrogen) atoms. The predicted octanol–water partition coefficient (Wildman–Crippen LogP) is 2.78. The quantitative estimate of drug-likeness (QED) is 0.917. The standard InChI is InChI=1S/C15H16FNO4S/c1-3-12-6-7-14(21-12)15(18)17-11-5-4-10(13(16)8-11)9-22(2,19)20/h4-8H,3,9H2,1-2H3,(H,17,18). The van der Waals surface area contributed by atoms with Gasteiger partial charge in [0.2, 0.25) is 0 Å². The van der Waals surface area contributed by atoms with E-state index in [-0.39, 0.29) is 22.8 Å². The number of nitrogens with one attached hydrogen (secondary N) is 1. The Kier molecular flexibility index (Phi) is 4.65. The monoisotopic (exact) mass is 325 g/mol. The molecule has 0 bridgehead atoms. The number of halogens is 1. The molecule has 0 saturated heterocycles. The van der Waals surface area contributed by atoms with Crippen LogP contribution in [0.3, 0.4) is 0 Å². The van der Waals surface area contributed by atoms with Crippen LogP contribution in [0, 0.1) is 5.82 Å². The van der Waals surface area contributed by atoms with Crippen molar-refractivity contribution < 1.29 is 22.0 Å². The number of hydrogen-bond donors (Lipinski definition) is 1. The van der Waals surface area contributed by atoms with Crippen LogP contribution in [0.1, 0.15) is 28.8 Å². The molecule has 1 aromatic carbocycles. The zero-order valence-corrected chi connectivity index (χ0v) is 13.0. The summed E-state index contributed by atoms with van der Waals surface area (Å²) in [6.45, 7) is 1.90. The highest BCUT2D eigenvalue weighted by molar-refractivity contribution is 7.89. The second-order valence-corrected chi connectivity index (χ2v) is 7.09. The molecule has 0 spiro atoms.